The highest BCUT2D eigenvalue weighted by atomic mass is 16.5. The molecule has 2 aliphatic rings. The number of methoxy groups -OCH3 is 1. The van der Waals surface area contributed by atoms with Gasteiger partial charge < -0.3 is 9.84 Å². The normalized spacial score (nSPS) is 28.8. The minimum absolute atomic E-state index is 0.0562. The highest BCUT2D eigenvalue weighted by molar-refractivity contribution is 5.76. The first-order chi connectivity index (χ1) is 7.76. The van der Waals surface area contributed by atoms with Crippen molar-refractivity contribution in [2.24, 2.45) is 11.8 Å². The van der Waals surface area contributed by atoms with Crippen LogP contribution in [0.2, 0.25) is 0 Å². The van der Waals surface area contributed by atoms with Crippen molar-refractivity contribution in [3.8, 4) is 0 Å². The van der Waals surface area contributed by atoms with Crippen molar-refractivity contribution in [2.75, 3.05) is 26.8 Å². The van der Waals surface area contributed by atoms with E-state index in [0.29, 0.717) is 11.8 Å². The summed E-state index contributed by atoms with van der Waals surface area (Å²) in [5, 5.41) is 9.20. The van der Waals surface area contributed by atoms with Crippen LogP contribution in [-0.4, -0.2) is 48.8 Å². The van der Waals surface area contributed by atoms with Crippen molar-refractivity contribution in [3.05, 3.63) is 0 Å². The SMILES string of the molecule is COC(=O)C(C1CC1)N1CCCC(CO)C1. The van der Waals surface area contributed by atoms with Crippen LogP contribution in [0, 0.1) is 11.8 Å². The fraction of sp³-hybridized carbons (Fsp3) is 0.917. The number of aliphatic hydroxyl groups is 1. The van der Waals surface area contributed by atoms with Gasteiger partial charge in [-0.05, 0) is 44.1 Å². The van der Waals surface area contributed by atoms with E-state index in [9.17, 15) is 9.90 Å². The average Bonchev–Trinajstić information content (AvgIpc) is 3.14. The zero-order valence-corrected chi connectivity index (χ0v) is 9.89. The van der Waals surface area contributed by atoms with Crippen LogP contribution in [0.15, 0.2) is 0 Å². The van der Waals surface area contributed by atoms with Crippen molar-refractivity contribution in [2.45, 2.75) is 31.7 Å². The van der Waals surface area contributed by atoms with Crippen molar-refractivity contribution in [1.29, 1.82) is 0 Å². The Morgan fingerprint density at radius 1 is 1.50 bits per heavy atom. The molecule has 2 unspecified atom stereocenters. The summed E-state index contributed by atoms with van der Waals surface area (Å²) in [6.45, 7) is 2.04. The Labute approximate surface area is 96.6 Å². The molecule has 0 bridgehead atoms. The Morgan fingerprint density at radius 2 is 2.25 bits per heavy atom. The predicted octanol–water partition coefficient (Wildman–Crippen LogP) is 0.642. The summed E-state index contributed by atoms with van der Waals surface area (Å²) in [5.41, 5.74) is 0. The molecular formula is C12H21NO3. The van der Waals surface area contributed by atoms with Crippen molar-refractivity contribution >= 4 is 5.97 Å². The van der Waals surface area contributed by atoms with E-state index in [2.05, 4.69) is 4.90 Å². The summed E-state index contributed by atoms with van der Waals surface area (Å²) in [6.07, 6.45) is 4.43. The van der Waals surface area contributed by atoms with Gasteiger partial charge in [0.25, 0.3) is 0 Å². The van der Waals surface area contributed by atoms with Crippen LogP contribution in [0.5, 0.6) is 0 Å². The second-order valence-electron chi connectivity index (χ2n) is 4.99. The Kier molecular flexibility index (Phi) is 3.82. The number of carbonyl (C=O) groups is 1. The maximum Gasteiger partial charge on any atom is 0.323 e. The summed E-state index contributed by atoms with van der Waals surface area (Å²) in [4.78, 5) is 14.0. The van der Waals surface area contributed by atoms with Gasteiger partial charge in [0.05, 0.1) is 7.11 Å². The highest BCUT2D eigenvalue weighted by Crippen LogP contribution is 2.37. The fourth-order valence-electron chi connectivity index (χ4n) is 2.67. The van der Waals surface area contributed by atoms with E-state index in [-0.39, 0.29) is 18.6 Å². The zero-order valence-electron chi connectivity index (χ0n) is 9.89. The van der Waals surface area contributed by atoms with E-state index in [4.69, 9.17) is 4.74 Å². The molecule has 0 amide bonds. The molecule has 4 heteroatoms. The quantitative estimate of drug-likeness (QED) is 0.716. The molecule has 2 fully saturated rings. The molecular weight excluding hydrogens is 206 g/mol. The van der Waals surface area contributed by atoms with Crippen LogP contribution in [0.1, 0.15) is 25.7 Å². The summed E-state index contributed by atoms with van der Waals surface area (Å²) in [7, 11) is 1.46. The number of esters is 1. The van der Waals surface area contributed by atoms with Gasteiger partial charge in [0.1, 0.15) is 6.04 Å². The number of likely N-dealkylation sites (tertiary alicyclic amines) is 1. The molecule has 92 valence electrons. The molecule has 2 atom stereocenters. The second kappa shape index (κ2) is 5.15. The fourth-order valence-corrected chi connectivity index (χ4v) is 2.67. The van der Waals surface area contributed by atoms with Crippen molar-refractivity contribution in [3.63, 3.8) is 0 Å². The minimum Gasteiger partial charge on any atom is -0.468 e. The van der Waals surface area contributed by atoms with Gasteiger partial charge in [0.15, 0.2) is 0 Å². The van der Waals surface area contributed by atoms with Crippen LogP contribution in [0.4, 0.5) is 0 Å². The second-order valence-corrected chi connectivity index (χ2v) is 4.99. The van der Waals surface area contributed by atoms with Gasteiger partial charge in [-0.3, -0.25) is 9.69 Å². The molecule has 0 aromatic rings. The van der Waals surface area contributed by atoms with Gasteiger partial charge in [0, 0.05) is 13.2 Å². The molecule has 0 aromatic heterocycles. The number of hydrogen-bond donors (Lipinski definition) is 1. The molecule has 4 nitrogen and oxygen atoms in total. The van der Waals surface area contributed by atoms with Crippen molar-refractivity contribution < 1.29 is 14.6 Å². The number of hydrogen-bond acceptors (Lipinski definition) is 4. The first-order valence-electron chi connectivity index (χ1n) is 6.19. The average molecular weight is 227 g/mol. The predicted molar refractivity (Wildman–Crippen MR) is 59.9 cm³/mol. The molecule has 2 rings (SSSR count). The summed E-state index contributed by atoms with van der Waals surface area (Å²) in [5.74, 6) is 0.727. The number of ether oxygens (including phenoxy) is 1. The molecule has 1 N–H and O–H groups in total. The lowest BCUT2D eigenvalue weighted by Crippen LogP contribution is -2.48. The first-order valence-corrected chi connectivity index (χ1v) is 6.19. The number of rotatable bonds is 4. The molecule has 0 radical (unpaired) electrons. The summed E-state index contributed by atoms with van der Waals surface area (Å²) in [6, 6.07) is -0.0562. The number of piperidine rings is 1. The largest absolute Gasteiger partial charge is 0.468 e. The number of nitrogens with zero attached hydrogens (tertiary/aromatic N) is 1. The third kappa shape index (κ3) is 2.55. The van der Waals surface area contributed by atoms with Gasteiger partial charge in [-0.25, -0.2) is 0 Å². The number of carbonyl (C=O) groups excluding carboxylic acids is 1. The molecule has 1 saturated carbocycles. The lowest BCUT2D eigenvalue weighted by Gasteiger charge is -2.36. The first kappa shape index (κ1) is 11.9. The molecule has 0 aromatic carbocycles. The molecule has 16 heavy (non-hydrogen) atoms. The van der Waals surface area contributed by atoms with Gasteiger partial charge in [-0.15, -0.1) is 0 Å². The van der Waals surface area contributed by atoms with E-state index in [0.717, 1.165) is 38.8 Å². The number of aliphatic hydroxyl groups excluding tert-OH is 1. The molecule has 1 heterocycles. The van der Waals surface area contributed by atoms with E-state index in [1.54, 1.807) is 0 Å². The molecule has 1 aliphatic carbocycles. The van der Waals surface area contributed by atoms with E-state index in [1.165, 1.54) is 7.11 Å². The monoisotopic (exact) mass is 227 g/mol. The topological polar surface area (TPSA) is 49.8 Å². The Bertz CT molecular complexity index is 253. The molecule has 1 saturated heterocycles. The van der Waals surface area contributed by atoms with Crippen LogP contribution in [-0.2, 0) is 9.53 Å². The van der Waals surface area contributed by atoms with Crippen LogP contribution >= 0.6 is 0 Å². The standard InChI is InChI=1S/C12H21NO3/c1-16-12(15)11(10-4-5-10)13-6-2-3-9(7-13)8-14/h9-11,14H,2-8H2,1H3. The third-order valence-corrected chi connectivity index (χ3v) is 3.71. The van der Waals surface area contributed by atoms with Crippen LogP contribution in [0.3, 0.4) is 0 Å². The minimum atomic E-state index is -0.0962. The smallest absolute Gasteiger partial charge is 0.323 e. The molecule has 1 aliphatic heterocycles. The zero-order chi connectivity index (χ0) is 11.5. The van der Waals surface area contributed by atoms with Crippen LogP contribution < -0.4 is 0 Å². The Balaban J connectivity index is 1.98. The highest BCUT2D eigenvalue weighted by Gasteiger charge is 2.42. The maximum absolute atomic E-state index is 11.8. The lowest BCUT2D eigenvalue weighted by atomic mass is 9.96. The van der Waals surface area contributed by atoms with Gasteiger partial charge in [0.2, 0.25) is 0 Å². The van der Waals surface area contributed by atoms with Gasteiger partial charge in [-0.2, -0.15) is 0 Å². The van der Waals surface area contributed by atoms with E-state index < -0.39 is 0 Å². The summed E-state index contributed by atoms with van der Waals surface area (Å²) >= 11 is 0. The molecule has 0 spiro atoms. The van der Waals surface area contributed by atoms with Gasteiger partial charge in [-0.1, -0.05) is 0 Å². The van der Waals surface area contributed by atoms with Gasteiger partial charge >= 0.3 is 5.97 Å². The lowest BCUT2D eigenvalue weighted by molar-refractivity contribution is -0.149. The third-order valence-electron chi connectivity index (χ3n) is 3.71. The maximum atomic E-state index is 11.8. The van der Waals surface area contributed by atoms with E-state index in [1.807, 2.05) is 0 Å². The van der Waals surface area contributed by atoms with E-state index >= 15 is 0 Å². The Morgan fingerprint density at radius 3 is 2.81 bits per heavy atom. The van der Waals surface area contributed by atoms with Crippen LogP contribution in [0.25, 0.3) is 0 Å². The Hall–Kier alpha value is -0.610. The van der Waals surface area contributed by atoms with Crippen molar-refractivity contribution in [1.82, 2.24) is 4.90 Å². The summed E-state index contributed by atoms with van der Waals surface area (Å²) < 4.78 is 4.89.